The number of aliphatic imine (C=N–C) groups is 1. The molecule has 0 aromatic heterocycles. The van der Waals surface area contributed by atoms with Gasteiger partial charge in [0.2, 0.25) is 0 Å². The van der Waals surface area contributed by atoms with Crippen LogP contribution in [0.3, 0.4) is 0 Å². The second kappa shape index (κ2) is 8.71. The Bertz CT molecular complexity index is 349. The minimum Gasteiger partial charge on any atom is -0.444 e. The van der Waals surface area contributed by atoms with Gasteiger partial charge in [-0.15, -0.1) is 0 Å². The molecule has 0 rings (SSSR count). The highest BCUT2D eigenvalue weighted by molar-refractivity contribution is 5.79. The first-order chi connectivity index (χ1) is 9.59. The summed E-state index contributed by atoms with van der Waals surface area (Å²) in [6.07, 6.45) is -0.462. The molecular weight excluding hydrogens is 272 g/mol. The SMILES string of the molecule is CCNC(=NCC(C)(C)NC(=O)OC(C)(C)C)NCCO. The van der Waals surface area contributed by atoms with Crippen molar-refractivity contribution < 1.29 is 14.6 Å². The molecule has 0 heterocycles. The molecule has 0 spiro atoms. The molecule has 0 saturated heterocycles. The topological polar surface area (TPSA) is 95.0 Å². The van der Waals surface area contributed by atoms with Crippen LogP contribution in [0, 0.1) is 0 Å². The van der Waals surface area contributed by atoms with E-state index in [1.807, 2.05) is 41.5 Å². The first kappa shape index (κ1) is 19.5. The van der Waals surface area contributed by atoms with E-state index in [-0.39, 0.29) is 6.61 Å². The van der Waals surface area contributed by atoms with E-state index in [1.54, 1.807) is 0 Å². The molecule has 0 fully saturated rings. The maximum Gasteiger partial charge on any atom is 0.408 e. The van der Waals surface area contributed by atoms with Gasteiger partial charge in [-0.2, -0.15) is 0 Å². The van der Waals surface area contributed by atoms with E-state index in [0.29, 0.717) is 19.0 Å². The monoisotopic (exact) mass is 302 g/mol. The summed E-state index contributed by atoms with van der Waals surface area (Å²) in [5.41, 5.74) is -1.06. The summed E-state index contributed by atoms with van der Waals surface area (Å²) < 4.78 is 5.23. The van der Waals surface area contributed by atoms with Crippen LogP contribution in [-0.2, 0) is 4.74 Å². The van der Waals surface area contributed by atoms with E-state index >= 15 is 0 Å². The van der Waals surface area contributed by atoms with Gasteiger partial charge in [-0.05, 0) is 41.5 Å². The molecule has 124 valence electrons. The smallest absolute Gasteiger partial charge is 0.408 e. The Labute approximate surface area is 127 Å². The van der Waals surface area contributed by atoms with Crippen molar-refractivity contribution in [1.82, 2.24) is 16.0 Å². The summed E-state index contributed by atoms with van der Waals surface area (Å²) in [6.45, 7) is 12.7. The normalized spacial score (nSPS) is 12.8. The third-order valence-corrected chi connectivity index (χ3v) is 2.22. The quantitative estimate of drug-likeness (QED) is 0.431. The van der Waals surface area contributed by atoms with E-state index in [0.717, 1.165) is 6.54 Å². The van der Waals surface area contributed by atoms with Crippen LogP contribution in [0.25, 0.3) is 0 Å². The molecule has 1 amide bonds. The van der Waals surface area contributed by atoms with Crippen molar-refractivity contribution in [2.75, 3.05) is 26.2 Å². The Morgan fingerprint density at radius 3 is 2.29 bits per heavy atom. The summed E-state index contributed by atoms with van der Waals surface area (Å²) in [7, 11) is 0. The number of amides is 1. The number of nitrogens with one attached hydrogen (secondary N) is 3. The summed E-state index contributed by atoms with van der Waals surface area (Å²) >= 11 is 0. The van der Waals surface area contributed by atoms with Gasteiger partial charge in [-0.25, -0.2) is 4.79 Å². The van der Waals surface area contributed by atoms with Crippen molar-refractivity contribution >= 4 is 12.1 Å². The highest BCUT2D eigenvalue weighted by Gasteiger charge is 2.24. The fourth-order valence-electron chi connectivity index (χ4n) is 1.41. The van der Waals surface area contributed by atoms with Gasteiger partial charge in [0.05, 0.1) is 18.7 Å². The zero-order valence-electron chi connectivity index (χ0n) is 14.0. The van der Waals surface area contributed by atoms with Crippen molar-refractivity contribution in [2.24, 2.45) is 4.99 Å². The number of hydrogen-bond donors (Lipinski definition) is 4. The molecular formula is C14H30N4O3. The number of rotatable bonds is 6. The fourth-order valence-corrected chi connectivity index (χ4v) is 1.41. The molecule has 0 atom stereocenters. The van der Waals surface area contributed by atoms with E-state index < -0.39 is 17.2 Å². The van der Waals surface area contributed by atoms with Crippen LogP contribution in [0.5, 0.6) is 0 Å². The predicted octanol–water partition coefficient (Wildman–Crippen LogP) is 0.837. The standard InChI is InChI=1S/C14H30N4O3/c1-7-15-11(16-8-9-19)17-10-14(5,6)18-12(20)21-13(2,3)4/h19H,7-10H2,1-6H3,(H,18,20)(H2,15,16,17). The lowest BCUT2D eigenvalue weighted by Crippen LogP contribution is -2.49. The number of alkyl carbamates (subject to hydrolysis) is 1. The van der Waals surface area contributed by atoms with Crippen molar-refractivity contribution in [2.45, 2.75) is 52.7 Å². The van der Waals surface area contributed by atoms with Crippen molar-refractivity contribution in [1.29, 1.82) is 0 Å². The fraction of sp³-hybridized carbons (Fsp3) is 0.857. The minimum absolute atomic E-state index is 0.0317. The summed E-state index contributed by atoms with van der Waals surface area (Å²) in [6, 6.07) is 0. The van der Waals surface area contributed by atoms with E-state index in [4.69, 9.17) is 9.84 Å². The summed E-state index contributed by atoms with van der Waals surface area (Å²) in [5.74, 6) is 0.602. The summed E-state index contributed by atoms with van der Waals surface area (Å²) in [4.78, 5) is 16.2. The maximum atomic E-state index is 11.8. The molecule has 0 bridgehead atoms. The van der Waals surface area contributed by atoms with Crippen molar-refractivity contribution in [3.8, 4) is 0 Å². The second-order valence-electron chi connectivity index (χ2n) is 6.36. The predicted molar refractivity (Wildman–Crippen MR) is 84.5 cm³/mol. The van der Waals surface area contributed by atoms with Gasteiger partial charge >= 0.3 is 6.09 Å². The molecule has 7 heteroatoms. The van der Waals surface area contributed by atoms with E-state index in [9.17, 15) is 4.79 Å². The molecule has 4 N–H and O–H groups in total. The molecule has 0 aliphatic rings. The molecule has 0 aliphatic heterocycles. The first-order valence-corrected chi connectivity index (χ1v) is 7.24. The highest BCUT2D eigenvalue weighted by atomic mass is 16.6. The molecule has 21 heavy (non-hydrogen) atoms. The number of aliphatic hydroxyl groups excluding tert-OH is 1. The molecule has 0 saturated carbocycles. The lowest BCUT2D eigenvalue weighted by atomic mass is 10.1. The number of hydrogen-bond acceptors (Lipinski definition) is 4. The maximum absolute atomic E-state index is 11.8. The second-order valence-corrected chi connectivity index (χ2v) is 6.36. The van der Waals surface area contributed by atoms with Gasteiger partial charge in [-0.3, -0.25) is 4.99 Å². The van der Waals surface area contributed by atoms with Crippen LogP contribution in [0.4, 0.5) is 4.79 Å². The van der Waals surface area contributed by atoms with Gasteiger partial charge in [-0.1, -0.05) is 0 Å². The number of aliphatic hydroxyl groups is 1. The van der Waals surface area contributed by atoms with Gasteiger partial charge in [0.15, 0.2) is 5.96 Å². The lowest BCUT2D eigenvalue weighted by molar-refractivity contribution is 0.0476. The Kier molecular flexibility index (Phi) is 8.09. The highest BCUT2D eigenvalue weighted by Crippen LogP contribution is 2.09. The third kappa shape index (κ3) is 10.9. The van der Waals surface area contributed by atoms with Crippen LogP contribution < -0.4 is 16.0 Å². The zero-order valence-corrected chi connectivity index (χ0v) is 14.0. The lowest BCUT2D eigenvalue weighted by Gasteiger charge is -2.27. The Hall–Kier alpha value is -1.50. The van der Waals surface area contributed by atoms with Gasteiger partial charge in [0.1, 0.15) is 5.60 Å². The largest absolute Gasteiger partial charge is 0.444 e. The van der Waals surface area contributed by atoms with E-state index in [2.05, 4.69) is 20.9 Å². The number of carbonyl (C=O) groups excluding carboxylic acids is 1. The number of guanidine groups is 1. The Morgan fingerprint density at radius 1 is 1.19 bits per heavy atom. The van der Waals surface area contributed by atoms with Crippen LogP contribution >= 0.6 is 0 Å². The van der Waals surface area contributed by atoms with Crippen LogP contribution in [0.1, 0.15) is 41.5 Å². The van der Waals surface area contributed by atoms with Crippen LogP contribution in [-0.4, -0.2) is 54.5 Å². The average molecular weight is 302 g/mol. The molecule has 0 radical (unpaired) electrons. The molecule has 0 aliphatic carbocycles. The van der Waals surface area contributed by atoms with Gasteiger partial charge in [0.25, 0.3) is 0 Å². The third-order valence-electron chi connectivity index (χ3n) is 2.22. The number of ether oxygens (including phenoxy) is 1. The summed E-state index contributed by atoms with van der Waals surface area (Å²) in [5, 5.41) is 17.7. The van der Waals surface area contributed by atoms with Crippen LogP contribution in [0.2, 0.25) is 0 Å². The minimum atomic E-state index is -0.538. The zero-order chi connectivity index (χ0) is 16.5. The van der Waals surface area contributed by atoms with Crippen molar-refractivity contribution in [3.05, 3.63) is 0 Å². The molecule has 7 nitrogen and oxygen atoms in total. The molecule has 0 aromatic carbocycles. The first-order valence-electron chi connectivity index (χ1n) is 7.24. The van der Waals surface area contributed by atoms with Gasteiger partial charge in [0, 0.05) is 13.1 Å². The van der Waals surface area contributed by atoms with Crippen molar-refractivity contribution in [3.63, 3.8) is 0 Å². The Morgan fingerprint density at radius 2 is 1.81 bits per heavy atom. The van der Waals surface area contributed by atoms with Crippen LogP contribution in [0.15, 0.2) is 4.99 Å². The molecule has 0 aromatic rings. The molecule has 0 unspecified atom stereocenters. The van der Waals surface area contributed by atoms with E-state index in [1.165, 1.54) is 0 Å². The average Bonchev–Trinajstić information content (AvgIpc) is 2.29. The number of carbonyl (C=O) groups is 1. The number of nitrogens with zero attached hydrogens (tertiary/aromatic N) is 1. The van der Waals surface area contributed by atoms with Gasteiger partial charge < -0.3 is 25.8 Å². The Balaban J connectivity index is 4.51.